The zero-order chi connectivity index (χ0) is 33.5. The van der Waals surface area contributed by atoms with Gasteiger partial charge in [0.1, 0.15) is 5.15 Å². The van der Waals surface area contributed by atoms with E-state index >= 15 is 0 Å². The van der Waals surface area contributed by atoms with Crippen LogP contribution in [0.25, 0.3) is 5.82 Å². The highest BCUT2D eigenvalue weighted by molar-refractivity contribution is 7.90. The van der Waals surface area contributed by atoms with Gasteiger partial charge in [-0.3, -0.25) is 9.48 Å². The van der Waals surface area contributed by atoms with Crippen molar-refractivity contribution >= 4 is 33.6 Å². The number of hydrogen-bond acceptors (Lipinski definition) is 8. The van der Waals surface area contributed by atoms with E-state index in [1.165, 1.54) is 50.9 Å². The molecule has 1 aliphatic carbocycles. The Morgan fingerprint density at radius 2 is 1.89 bits per heavy atom. The number of carbonyl (C=O) groups is 2. The van der Waals surface area contributed by atoms with Crippen LogP contribution in [0.4, 0.5) is 18.0 Å². The van der Waals surface area contributed by atoms with Crippen LogP contribution in [0.15, 0.2) is 41.7 Å². The first-order valence-electron chi connectivity index (χ1n) is 14.5. The van der Waals surface area contributed by atoms with Gasteiger partial charge in [-0.25, -0.2) is 19.2 Å². The van der Waals surface area contributed by atoms with Gasteiger partial charge < -0.3 is 14.7 Å². The molecule has 2 fully saturated rings. The lowest BCUT2D eigenvalue weighted by Crippen LogP contribution is -2.41. The van der Waals surface area contributed by atoms with Gasteiger partial charge in [-0.2, -0.15) is 26.7 Å². The van der Waals surface area contributed by atoms with Gasteiger partial charge in [0.2, 0.25) is 5.88 Å². The van der Waals surface area contributed by atoms with Crippen LogP contribution in [-0.4, -0.2) is 79.8 Å². The first-order chi connectivity index (χ1) is 21.5. The second kappa shape index (κ2) is 12.4. The van der Waals surface area contributed by atoms with E-state index in [4.69, 9.17) is 16.3 Å². The fourth-order valence-electron chi connectivity index (χ4n) is 5.72. The fraction of sp³-hybridized carbons (Fsp3) is 0.536. The average molecular weight is 688 g/mol. The minimum Gasteiger partial charge on any atom is -0.477 e. The molecule has 13 nitrogen and oxygen atoms in total. The van der Waals surface area contributed by atoms with E-state index in [0.717, 1.165) is 0 Å². The summed E-state index contributed by atoms with van der Waals surface area (Å²) in [6.45, 7) is 4.51. The van der Waals surface area contributed by atoms with Crippen LogP contribution in [0.3, 0.4) is 0 Å². The number of pyridine rings is 1. The van der Waals surface area contributed by atoms with Gasteiger partial charge in [-0.15, -0.1) is 5.10 Å². The third-order valence-corrected chi connectivity index (χ3v) is 9.97. The van der Waals surface area contributed by atoms with Crippen molar-refractivity contribution in [3.8, 4) is 11.7 Å². The zero-order valence-electron chi connectivity index (χ0n) is 25.0. The van der Waals surface area contributed by atoms with Crippen LogP contribution in [0.5, 0.6) is 5.88 Å². The van der Waals surface area contributed by atoms with Gasteiger partial charge in [0.05, 0.1) is 17.6 Å². The minimum absolute atomic E-state index is 0.0102. The number of amides is 2. The van der Waals surface area contributed by atoms with Gasteiger partial charge >= 0.3 is 12.3 Å². The van der Waals surface area contributed by atoms with E-state index in [9.17, 15) is 36.3 Å². The molecule has 4 heterocycles. The molecule has 5 rings (SSSR count). The number of aromatic nitrogens is 5. The minimum atomic E-state index is -4.36. The van der Waals surface area contributed by atoms with Crippen molar-refractivity contribution in [2.24, 2.45) is 11.3 Å². The van der Waals surface area contributed by atoms with Gasteiger partial charge in [0.25, 0.3) is 15.9 Å². The van der Waals surface area contributed by atoms with Gasteiger partial charge in [0.15, 0.2) is 10.8 Å². The number of carboxylic acid groups (broad SMARTS) is 1. The molecule has 1 unspecified atom stereocenters. The molecule has 3 aromatic rings. The maximum absolute atomic E-state index is 13.1. The third-order valence-electron chi connectivity index (χ3n) is 8.46. The lowest BCUT2D eigenvalue weighted by Gasteiger charge is -2.28. The number of carbonyl (C=O) groups excluding carboxylic acids is 1. The average Bonchev–Trinajstić information content (AvgIpc) is 3.27. The molecular formula is C28H33ClF3N7O6S. The molecule has 1 atom stereocenters. The summed E-state index contributed by atoms with van der Waals surface area (Å²) in [6.07, 6.45) is -0.504. The number of ether oxygens (including phenoxy) is 1. The smallest absolute Gasteiger partial charge is 0.407 e. The molecule has 0 bridgehead atoms. The molecule has 1 aliphatic heterocycles. The molecular weight excluding hydrogens is 655 g/mol. The number of hydrogen-bond donors (Lipinski definition) is 2. The molecule has 2 aliphatic rings. The molecule has 1 saturated carbocycles. The molecule has 46 heavy (non-hydrogen) atoms. The second-order valence-corrected chi connectivity index (χ2v) is 14.2. The zero-order valence-corrected chi connectivity index (χ0v) is 26.6. The number of aryl methyl sites for hydroxylation is 1. The van der Waals surface area contributed by atoms with Crippen LogP contribution >= 0.6 is 11.6 Å². The first-order valence-corrected chi connectivity index (χ1v) is 16.4. The topological polar surface area (TPSA) is 162 Å². The van der Waals surface area contributed by atoms with E-state index in [1.54, 1.807) is 0 Å². The molecule has 3 aromatic heterocycles. The maximum Gasteiger partial charge on any atom is 0.407 e. The highest BCUT2D eigenvalue weighted by Gasteiger charge is 2.62. The van der Waals surface area contributed by atoms with Crippen molar-refractivity contribution in [1.29, 1.82) is 0 Å². The Kier molecular flexibility index (Phi) is 9.02. The van der Waals surface area contributed by atoms with Crippen molar-refractivity contribution in [2.45, 2.75) is 75.7 Å². The quantitative estimate of drug-likeness (QED) is 0.199. The Hall–Kier alpha value is -3.86. The molecule has 1 saturated heterocycles. The van der Waals surface area contributed by atoms with Gasteiger partial charge in [-0.05, 0) is 76.5 Å². The van der Waals surface area contributed by atoms with Gasteiger partial charge in [0, 0.05) is 37.1 Å². The molecule has 2 N–H and O–H groups in total. The molecule has 0 radical (unpaired) electrons. The summed E-state index contributed by atoms with van der Waals surface area (Å²) in [6, 6.07) is 5.40. The SMILES string of the molecule is CC1(C)CC(CCn2ccc(S(=O)(=O)NC(=O)c3ccc(-n4ccc(OCCCC5(C(F)(F)F)CC5)n4)nc3Cl)n2)CN1C(=O)O. The summed E-state index contributed by atoms with van der Waals surface area (Å²) in [7, 11) is -4.36. The molecule has 0 spiro atoms. The first kappa shape index (κ1) is 33.5. The molecule has 250 valence electrons. The van der Waals surface area contributed by atoms with Crippen molar-refractivity contribution in [1.82, 2.24) is 34.2 Å². The summed E-state index contributed by atoms with van der Waals surface area (Å²) >= 11 is 6.21. The lowest BCUT2D eigenvalue weighted by molar-refractivity contribution is -0.189. The van der Waals surface area contributed by atoms with Crippen LogP contribution in [0.2, 0.25) is 5.15 Å². The summed E-state index contributed by atoms with van der Waals surface area (Å²) in [4.78, 5) is 29.8. The number of sulfonamides is 1. The van der Waals surface area contributed by atoms with Crippen LogP contribution in [0, 0.1) is 11.3 Å². The molecule has 2 amide bonds. The van der Waals surface area contributed by atoms with E-state index in [1.807, 2.05) is 18.6 Å². The monoisotopic (exact) mass is 687 g/mol. The van der Waals surface area contributed by atoms with E-state index in [0.29, 0.717) is 25.9 Å². The Morgan fingerprint density at radius 1 is 1.15 bits per heavy atom. The van der Waals surface area contributed by atoms with Crippen molar-refractivity contribution in [3.63, 3.8) is 0 Å². The number of likely N-dealkylation sites (tertiary alicyclic amines) is 1. The lowest BCUT2D eigenvalue weighted by atomic mass is 9.94. The Labute approximate surface area is 267 Å². The number of halogens is 4. The van der Waals surface area contributed by atoms with E-state index < -0.39 is 39.2 Å². The Balaban J connectivity index is 1.14. The number of nitrogens with zero attached hydrogens (tertiary/aromatic N) is 6. The van der Waals surface area contributed by atoms with Crippen molar-refractivity contribution < 1.29 is 41.0 Å². The number of rotatable bonds is 12. The number of alkyl halides is 3. The number of nitrogens with one attached hydrogen (secondary N) is 1. The van der Waals surface area contributed by atoms with Crippen molar-refractivity contribution in [3.05, 3.63) is 47.4 Å². The Morgan fingerprint density at radius 3 is 2.52 bits per heavy atom. The largest absolute Gasteiger partial charge is 0.477 e. The summed E-state index contributed by atoms with van der Waals surface area (Å²) in [5.41, 5.74) is -2.30. The third kappa shape index (κ3) is 7.24. The second-order valence-electron chi connectivity index (χ2n) is 12.3. The van der Waals surface area contributed by atoms with Crippen LogP contribution in [0.1, 0.15) is 62.7 Å². The maximum atomic E-state index is 13.1. The summed E-state index contributed by atoms with van der Waals surface area (Å²) in [5.74, 6) is -0.599. The fourth-order valence-corrected chi connectivity index (χ4v) is 6.87. The highest BCUT2D eigenvalue weighted by atomic mass is 35.5. The van der Waals surface area contributed by atoms with E-state index in [2.05, 4.69) is 15.2 Å². The van der Waals surface area contributed by atoms with E-state index in [-0.39, 0.29) is 65.6 Å². The predicted molar refractivity (Wildman–Crippen MR) is 157 cm³/mol. The van der Waals surface area contributed by atoms with Crippen molar-refractivity contribution in [2.75, 3.05) is 13.2 Å². The Bertz CT molecular complexity index is 1720. The molecule has 18 heteroatoms. The summed E-state index contributed by atoms with van der Waals surface area (Å²) < 4.78 is 75.1. The normalized spacial score (nSPS) is 18.8. The molecule has 0 aromatic carbocycles. The standard InChI is InChI=1S/C28H33ClF3N7O6S/c1-26(2)16-18(17-38(26)25(41)42)6-12-37-13-8-22(35-37)46(43,44)36-24(40)19-4-5-20(33-23(19)29)39-14-7-21(34-39)45-15-3-9-27(10-11-27)28(30,31)32/h4-5,7-8,13-14,18H,3,6,9-12,15-17H2,1-2H3,(H,36,40)(H,41,42). The highest BCUT2D eigenvalue weighted by Crippen LogP contribution is 2.60. The van der Waals surface area contributed by atoms with Gasteiger partial charge in [-0.1, -0.05) is 11.6 Å². The van der Waals surface area contributed by atoms with Crippen LogP contribution in [-0.2, 0) is 16.6 Å². The predicted octanol–water partition coefficient (Wildman–Crippen LogP) is 4.91. The summed E-state index contributed by atoms with van der Waals surface area (Å²) in [5, 5.41) is 17.0. The van der Waals surface area contributed by atoms with Crippen LogP contribution < -0.4 is 9.46 Å².